The average Bonchev–Trinajstić information content (AvgIpc) is 2.17. The van der Waals surface area contributed by atoms with Gasteiger partial charge in [0.15, 0.2) is 0 Å². The van der Waals surface area contributed by atoms with Gasteiger partial charge in [-0.05, 0) is 31.0 Å². The summed E-state index contributed by atoms with van der Waals surface area (Å²) in [6, 6.07) is 4.88. The summed E-state index contributed by atoms with van der Waals surface area (Å²) in [6.45, 7) is 3.78. The highest BCUT2D eigenvalue weighted by Crippen LogP contribution is 2.22. The zero-order chi connectivity index (χ0) is 13.1. The summed E-state index contributed by atoms with van der Waals surface area (Å²) < 4.78 is 36.3. The Labute approximate surface area is 104 Å². The van der Waals surface area contributed by atoms with Crippen molar-refractivity contribution < 1.29 is 13.2 Å². The van der Waals surface area contributed by atoms with E-state index in [4.69, 9.17) is 11.6 Å². The Morgan fingerprint density at radius 3 is 2.53 bits per heavy atom. The Bertz CT molecular complexity index is 377. The lowest BCUT2D eigenvalue weighted by molar-refractivity contribution is -0.139. The molecule has 0 aromatic heterocycles. The molecule has 0 aliphatic heterocycles. The van der Waals surface area contributed by atoms with Crippen LogP contribution in [-0.2, 0) is 6.54 Å². The molecule has 0 heterocycles. The van der Waals surface area contributed by atoms with Crippen LogP contribution in [-0.4, -0.2) is 12.2 Å². The summed E-state index contributed by atoms with van der Waals surface area (Å²) in [5, 5.41) is 3.46. The molecule has 96 valence electrons. The highest BCUT2D eigenvalue weighted by molar-refractivity contribution is 6.31. The second-order valence-electron chi connectivity index (χ2n) is 4.18. The maximum atomic E-state index is 12.1. The number of hydrogen-bond donors (Lipinski definition) is 1. The Morgan fingerprint density at radius 2 is 2.00 bits per heavy atom. The predicted molar refractivity (Wildman–Crippen MR) is 63.2 cm³/mol. The van der Waals surface area contributed by atoms with Gasteiger partial charge in [-0.2, -0.15) is 13.2 Å². The molecule has 0 aliphatic carbocycles. The van der Waals surface area contributed by atoms with Crippen LogP contribution in [0.25, 0.3) is 0 Å². The van der Waals surface area contributed by atoms with E-state index in [-0.39, 0.29) is 0 Å². The molecule has 5 heteroatoms. The zero-order valence-electron chi connectivity index (χ0n) is 9.74. The maximum absolute atomic E-state index is 12.1. The van der Waals surface area contributed by atoms with Gasteiger partial charge in [0.25, 0.3) is 0 Å². The van der Waals surface area contributed by atoms with Gasteiger partial charge in [0.05, 0.1) is 6.42 Å². The normalized spacial score (nSPS) is 13.8. The Hall–Kier alpha value is -0.740. The van der Waals surface area contributed by atoms with Crippen molar-refractivity contribution in [3.05, 3.63) is 34.3 Å². The molecule has 1 unspecified atom stereocenters. The van der Waals surface area contributed by atoms with E-state index in [1.807, 2.05) is 19.1 Å². The van der Waals surface area contributed by atoms with Crippen molar-refractivity contribution in [2.75, 3.05) is 0 Å². The second-order valence-corrected chi connectivity index (χ2v) is 4.59. The third-order valence-electron chi connectivity index (χ3n) is 2.43. The Kier molecular flexibility index (Phi) is 4.83. The monoisotopic (exact) mass is 265 g/mol. The molecule has 0 amide bonds. The first kappa shape index (κ1) is 14.3. The van der Waals surface area contributed by atoms with E-state index in [1.54, 1.807) is 6.07 Å². The maximum Gasteiger partial charge on any atom is 0.390 e. The van der Waals surface area contributed by atoms with Crippen LogP contribution in [0, 0.1) is 6.92 Å². The molecule has 0 radical (unpaired) electrons. The summed E-state index contributed by atoms with van der Waals surface area (Å²) >= 11 is 5.93. The fraction of sp³-hybridized carbons (Fsp3) is 0.500. The van der Waals surface area contributed by atoms with E-state index < -0.39 is 18.6 Å². The van der Waals surface area contributed by atoms with Crippen molar-refractivity contribution in [3.63, 3.8) is 0 Å². The molecule has 0 fully saturated rings. The highest BCUT2D eigenvalue weighted by Gasteiger charge is 2.29. The molecule has 1 atom stereocenters. The first-order valence-electron chi connectivity index (χ1n) is 5.33. The summed E-state index contributed by atoms with van der Waals surface area (Å²) in [5.41, 5.74) is 1.84. The van der Waals surface area contributed by atoms with Crippen LogP contribution >= 0.6 is 11.6 Å². The molecule has 0 spiro atoms. The largest absolute Gasteiger partial charge is 0.390 e. The molecule has 1 rings (SSSR count). The fourth-order valence-corrected chi connectivity index (χ4v) is 1.66. The first-order valence-corrected chi connectivity index (χ1v) is 5.71. The van der Waals surface area contributed by atoms with E-state index in [0.29, 0.717) is 11.6 Å². The van der Waals surface area contributed by atoms with Crippen molar-refractivity contribution >= 4 is 11.6 Å². The lowest BCUT2D eigenvalue weighted by Gasteiger charge is -2.16. The number of benzene rings is 1. The van der Waals surface area contributed by atoms with Gasteiger partial charge in [0, 0.05) is 17.6 Å². The third kappa shape index (κ3) is 5.41. The Morgan fingerprint density at radius 1 is 1.35 bits per heavy atom. The first-order chi connectivity index (χ1) is 7.78. The molecular weight excluding hydrogens is 251 g/mol. The quantitative estimate of drug-likeness (QED) is 0.865. The minimum Gasteiger partial charge on any atom is -0.310 e. The van der Waals surface area contributed by atoms with Crippen LogP contribution in [0.1, 0.15) is 24.5 Å². The van der Waals surface area contributed by atoms with Gasteiger partial charge in [-0.1, -0.05) is 23.7 Å². The van der Waals surface area contributed by atoms with Crippen LogP contribution in [0.3, 0.4) is 0 Å². The molecular formula is C12H15ClF3N. The van der Waals surface area contributed by atoms with E-state index >= 15 is 0 Å². The number of hydrogen-bond acceptors (Lipinski definition) is 1. The SMILES string of the molecule is Cc1ccc(CNC(C)CC(F)(F)F)cc1Cl. The van der Waals surface area contributed by atoms with E-state index in [9.17, 15) is 13.2 Å². The molecule has 1 aromatic rings. The van der Waals surface area contributed by atoms with Gasteiger partial charge in [0.1, 0.15) is 0 Å². The molecule has 0 saturated carbocycles. The zero-order valence-corrected chi connectivity index (χ0v) is 10.5. The van der Waals surface area contributed by atoms with Crippen molar-refractivity contribution in [2.24, 2.45) is 0 Å². The van der Waals surface area contributed by atoms with Crippen LogP contribution in [0.4, 0.5) is 13.2 Å². The van der Waals surface area contributed by atoms with Crippen LogP contribution < -0.4 is 5.32 Å². The van der Waals surface area contributed by atoms with E-state index in [0.717, 1.165) is 11.1 Å². The number of aryl methyl sites for hydroxylation is 1. The van der Waals surface area contributed by atoms with Gasteiger partial charge in [0.2, 0.25) is 0 Å². The molecule has 1 nitrogen and oxygen atoms in total. The van der Waals surface area contributed by atoms with Gasteiger partial charge in [-0.3, -0.25) is 0 Å². The summed E-state index contributed by atoms with van der Waals surface area (Å²) in [4.78, 5) is 0. The summed E-state index contributed by atoms with van der Waals surface area (Å²) in [5.74, 6) is 0. The third-order valence-corrected chi connectivity index (χ3v) is 2.84. The van der Waals surface area contributed by atoms with E-state index in [1.165, 1.54) is 6.92 Å². The number of rotatable bonds is 4. The number of alkyl halides is 3. The molecule has 0 saturated heterocycles. The second kappa shape index (κ2) is 5.74. The van der Waals surface area contributed by atoms with Crippen LogP contribution in [0.2, 0.25) is 5.02 Å². The van der Waals surface area contributed by atoms with Gasteiger partial charge in [-0.25, -0.2) is 0 Å². The Balaban J connectivity index is 2.47. The van der Waals surface area contributed by atoms with Crippen molar-refractivity contribution in [2.45, 2.75) is 39.0 Å². The average molecular weight is 266 g/mol. The van der Waals surface area contributed by atoms with Crippen LogP contribution in [0.15, 0.2) is 18.2 Å². The van der Waals surface area contributed by atoms with Crippen molar-refractivity contribution in [3.8, 4) is 0 Å². The molecule has 1 aromatic carbocycles. The van der Waals surface area contributed by atoms with Crippen molar-refractivity contribution in [1.29, 1.82) is 0 Å². The van der Waals surface area contributed by atoms with Gasteiger partial charge >= 0.3 is 6.18 Å². The summed E-state index contributed by atoms with van der Waals surface area (Å²) in [7, 11) is 0. The molecule has 17 heavy (non-hydrogen) atoms. The number of halogens is 4. The summed E-state index contributed by atoms with van der Waals surface area (Å²) in [6.07, 6.45) is -4.95. The smallest absolute Gasteiger partial charge is 0.310 e. The van der Waals surface area contributed by atoms with Crippen LogP contribution in [0.5, 0.6) is 0 Å². The van der Waals surface area contributed by atoms with Gasteiger partial charge < -0.3 is 5.32 Å². The molecule has 1 N–H and O–H groups in total. The standard InChI is InChI=1S/C12H15ClF3N/c1-8-3-4-10(5-11(8)13)7-17-9(2)6-12(14,15)16/h3-5,9,17H,6-7H2,1-2H3. The topological polar surface area (TPSA) is 12.0 Å². The van der Waals surface area contributed by atoms with E-state index in [2.05, 4.69) is 5.32 Å². The lowest BCUT2D eigenvalue weighted by Crippen LogP contribution is -2.30. The van der Waals surface area contributed by atoms with Gasteiger partial charge in [-0.15, -0.1) is 0 Å². The fourth-order valence-electron chi connectivity index (χ4n) is 1.46. The van der Waals surface area contributed by atoms with Crippen molar-refractivity contribution in [1.82, 2.24) is 5.32 Å². The lowest BCUT2D eigenvalue weighted by atomic mass is 10.1. The predicted octanol–water partition coefficient (Wildman–Crippen LogP) is 4.08. The minimum atomic E-state index is -4.13. The molecule has 0 aliphatic rings. The number of nitrogens with one attached hydrogen (secondary N) is 1. The molecule has 0 bridgehead atoms. The minimum absolute atomic E-state index is 0.386. The highest BCUT2D eigenvalue weighted by atomic mass is 35.5.